The number of carboxylic acid groups (broad SMARTS) is 1. The fourth-order valence-corrected chi connectivity index (χ4v) is 3.67. The van der Waals surface area contributed by atoms with Crippen molar-refractivity contribution in [3.8, 4) is 6.07 Å². The van der Waals surface area contributed by atoms with E-state index < -0.39 is 33.9 Å². The summed E-state index contributed by atoms with van der Waals surface area (Å²) in [6.45, 7) is 5.36. The Morgan fingerprint density at radius 3 is 2.40 bits per heavy atom. The second-order valence-corrected chi connectivity index (χ2v) is 7.78. The maximum absolute atomic E-state index is 11.8. The molecule has 1 saturated heterocycles. The Kier molecular flexibility index (Phi) is 4.49. The highest BCUT2D eigenvalue weighted by atomic mass is 32.2. The van der Waals surface area contributed by atoms with E-state index in [2.05, 4.69) is 0 Å². The Bertz CT molecular complexity index is 531. The number of nitriles is 1. The van der Waals surface area contributed by atoms with Gasteiger partial charge in [0.2, 0.25) is 0 Å². The van der Waals surface area contributed by atoms with Crippen LogP contribution in [0.4, 0.5) is 4.79 Å². The van der Waals surface area contributed by atoms with Gasteiger partial charge in [-0.05, 0) is 20.8 Å². The van der Waals surface area contributed by atoms with Gasteiger partial charge in [-0.2, -0.15) is 18.5 Å². The van der Waals surface area contributed by atoms with E-state index in [9.17, 15) is 18.3 Å². The monoisotopic (exact) mass is 305 g/mol. The number of hydrogen-bond donors (Lipinski definition) is 1. The SMILES string of the molecule is CC(C)(C)[N+]1(C(=O)O)C[C@@H](OS(C)(=O)=O)C[C@@H]1CC#N. The predicted octanol–water partition coefficient (Wildman–Crippen LogP) is 1.31. The summed E-state index contributed by atoms with van der Waals surface area (Å²) in [5.74, 6) is 0. The van der Waals surface area contributed by atoms with Gasteiger partial charge in [-0.3, -0.25) is 4.18 Å². The maximum Gasteiger partial charge on any atom is 0.514 e. The van der Waals surface area contributed by atoms with Crippen LogP contribution in [-0.2, 0) is 14.3 Å². The van der Waals surface area contributed by atoms with Crippen LogP contribution in [0, 0.1) is 11.3 Å². The van der Waals surface area contributed by atoms with Gasteiger partial charge in [0.25, 0.3) is 10.1 Å². The molecule has 1 aliphatic heterocycles. The number of nitrogens with zero attached hydrogens (tertiary/aromatic N) is 2. The fraction of sp³-hybridized carbons (Fsp3) is 0.833. The van der Waals surface area contributed by atoms with Gasteiger partial charge in [0.05, 0.1) is 18.7 Å². The minimum Gasteiger partial charge on any atom is -0.435 e. The third-order valence-corrected chi connectivity index (χ3v) is 4.45. The number of likely N-dealkylation sites (tertiary alicyclic amines) is 1. The highest BCUT2D eigenvalue weighted by Crippen LogP contribution is 2.39. The van der Waals surface area contributed by atoms with Crippen molar-refractivity contribution >= 4 is 16.2 Å². The molecule has 1 rings (SSSR count). The molecule has 0 aromatic rings. The Balaban J connectivity index is 3.20. The molecule has 1 N–H and O–H groups in total. The van der Waals surface area contributed by atoms with Gasteiger partial charge < -0.3 is 5.11 Å². The first-order chi connectivity index (χ1) is 8.94. The van der Waals surface area contributed by atoms with Crippen molar-refractivity contribution in [3.05, 3.63) is 0 Å². The summed E-state index contributed by atoms with van der Waals surface area (Å²) in [5, 5.41) is 18.6. The molecule has 3 atom stereocenters. The van der Waals surface area contributed by atoms with Gasteiger partial charge >= 0.3 is 6.09 Å². The van der Waals surface area contributed by atoms with Crippen LogP contribution in [0.5, 0.6) is 0 Å². The summed E-state index contributed by atoms with van der Waals surface area (Å²) >= 11 is 0. The van der Waals surface area contributed by atoms with Crippen LogP contribution < -0.4 is 0 Å². The van der Waals surface area contributed by atoms with Crippen LogP contribution in [0.1, 0.15) is 33.6 Å². The third kappa shape index (κ3) is 3.11. The van der Waals surface area contributed by atoms with Crippen LogP contribution in [0.3, 0.4) is 0 Å². The summed E-state index contributed by atoms with van der Waals surface area (Å²) in [7, 11) is -3.65. The highest BCUT2D eigenvalue weighted by Gasteiger charge is 2.60. The van der Waals surface area contributed by atoms with Crippen molar-refractivity contribution in [1.29, 1.82) is 5.26 Å². The van der Waals surface area contributed by atoms with Crippen LogP contribution in [0.2, 0.25) is 0 Å². The highest BCUT2D eigenvalue weighted by molar-refractivity contribution is 7.86. The zero-order chi connectivity index (χ0) is 15.8. The quantitative estimate of drug-likeness (QED) is 0.622. The van der Waals surface area contributed by atoms with E-state index in [-0.39, 0.29) is 23.9 Å². The topological polar surface area (TPSA) is 104 Å². The van der Waals surface area contributed by atoms with E-state index in [0.717, 1.165) is 6.26 Å². The zero-order valence-electron chi connectivity index (χ0n) is 12.2. The molecule has 1 amide bonds. The van der Waals surface area contributed by atoms with Gasteiger partial charge in [0.15, 0.2) is 0 Å². The van der Waals surface area contributed by atoms with Gasteiger partial charge in [-0.25, -0.2) is 4.48 Å². The Hall–Kier alpha value is -1.17. The largest absolute Gasteiger partial charge is 0.514 e. The number of rotatable bonds is 3. The van der Waals surface area contributed by atoms with Gasteiger partial charge in [0.1, 0.15) is 24.2 Å². The lowest BCUT2D eigenvalue weighted by Crippen LogP contribution is -2.66. The molecule has 1 heterocycles. The average molecular weight is 305 g/mol. The van der Waals surface area contributed by atoms with Crippen molar-refractivity contribution in [3.63, 3.8) is 0 Å². The zero-order valence-corrected chi connectivity index (χ0v) is 13.0. The molecule has 0 aliphatic carbocycles. The van der Waals surface area contributed by atoms with Crippen molar-refractivity contribution in [2.75, 3.05) is 12.8 Å². The van der Waals surface area contributed by atoms with Gasteiger partial charge in [-0.1, -0.05) is 0 Å². The van der Waals surface area contributed by atoms with Crippen LogP contribution in [0.25, 0.3) is 0 Å². The number of quaternary nitrogens is 1. The lowest BCUT2D eigenvalue weighted by atomic mass is 9.98. The molecule has 1 aliphatic rings. The van der Waals surface area contributed by atoms with Crippen LogP contribution >= 0.6 is 0 Å². The van der Waals surface area contributed by atoms with Gasteiger partial charge in [0, 0.05) is 6.42 Å². The van der Waals surface area contributed by atoms with Crippen LogP contribution in [0.15, 0.2) is 0 Å². The summed E-state index contributed by atoms with van der Waals surface area (Å²) in [5.41, 5.74) is -0.664. The van der Waals surface area contributed by atoms with E-state index in [1.165, 1.54) is 0 Å². The van der Waals surface area contributed by atoms with E-state index in [4.69, 9.17) is 9.44 Å². The third-order valence-electron chi connectivity index (χ3n) is 3.83. The standard InChI is InChI=1S/C12H20N2O5S/c1-12(2,3)14(11(15)16)8-10(19-20(4,17)18)7-9(14)5-6-13/h9-10H,5,7-8H2,1-4H3/p+1/t9-,10-,14?/m0/s1. The van der Waals surface area contributed by atoms with Crippen molar-refractivity contribution < 1.29 is 27.0 Å². The molecular weight excluding hydrogens is 284 g/mol. The number of amides is 1. The predicted molar refractivity (Wildman–Crippen MR) is 71.3 cm³/mol. The first-order valence-electron chi connectivity index (χ1n) is 6.30. The summed E-state index contributed by atoms with van der Waals surface area (Å²) in [4.78, 5) is 11.8. The Morgan fingerprint density at radius 1 is 1.50 bits per heavy atom. The lowest BCUT2D eigenvalue weighted by Gasteiger charge is -2.44. The van der Waals surface area contributed by atoms with E-state index in [1.807, 2.05) is 6.07 Å². The molecule has 0 radical (unpaired) electrons. The lowest BCUT2D eigenvalue weighted by molar-refractivity contribution is -0.915. The molecule has 114 valence electrons. The number of carbonyl (C=O) groups is 1. The molecule has 0 spiro atoms. The van der Waals surface area contributed by atoms with Crippen molar-refractivity contribution in [2.24, 2.45) is 0 Å². The second kappa shape index (κ2) is 5.31. The Labute approximate surface area is 119 Å². The molecule has 1 unspecified atom stereocenters. The first kappa shape index (κ1) is 16.9. The number of hydrogen-bond acceptors (Lipinski definition) is 5. The summed E-state index contributed by atoms with van der Waals surface area (Å²) < 4.78 is 27.1. The normalized spacial score (nSPS) is 30.9. The van der Waals surface area contributed by atoms with E-state index in [0.29, 0.717) is 0 Å². The molecular formula is C12H21N2O5S+. The fourth-order valence-electron chi connectivity index (χ4n) is 3.03. The van der Waals surface area contributed by atoms with Gasteiger partial charge in [-0.15, -0.1) is 0 Å². The first-order valence-corrected chi connectivity index (χ1v) is 8.12. The van der Waals surface area contributed by atoms with E-state index >= 15 is 0 Å². The minimum absolute atomic E-state index is 0.0399. The molecule has 0 aromatic carbocycles. The minimum atomic E-state index is -3.65. The molecule has 7 nitrogen and oxygen atoms in total. The second-order valence-electron chi connectivity index (χ2n) is 6.18. The summed E-state index contributed by atoms with van der Waals surface area (Å²) in [6.07, 6.45) is -0.537. The van der Waals surface area contributed by atoms with Crippen LogP contribution in [-0.4, -0.2) is 54.6 Å². The van der Waals surface area contributed by atoms with E-state index in [1.54, 1.807) is 20.8 Å². The summed E-state index contributed by atoms with van der Waals surface area (Å²) in [6, 6.07) is 1.51. The average Bonchev–Trinajstić information content (AvgIpc) is 2.54. The molecule has 0 bridgehead atoms. The van der Waals surface area contributed by atoms with Crippen molar-refractivity contribution in [1.82, 2.24) is 0 Å². The molecule has 0 aromatic heterocycles. The maximum atomic E-state index is 11.8. The molecule has 8 heteroatoms. The van der Waals surface area contributed by atoms with Crippen molar-refractivity contribution in [2.45, 2.75) is 51.3 Å². The molecule has 1 fully saturated rings. The Morgan fingerprint density at radius 2 is 2.05 bits per heavy atom. The smallest absolute Gasteiger partial charge is 0.435 e. The molecule has 20 heavy (non-hydrogen) atoms. The molecule has 0 saturated carbocycles.